The second kappa shape index (κ2) is 6.47. The number of para-hydroxylation sites is 1. The van der Waals surface area contributed by atoms with Crippen molar-refractivity contribution in [3.05, 3.63) is 46.9 Å². The number of carbonyl (C=O) groups is 1. The Morgan fingerprint density at radius 3 is 2.79 bits per heavy atom. The van der Waals surface area contributed by atoms with Crippen molar-refractivity contribution in [3.8, 4) is 0 Å². The lowest BCUT2D eigenvalue weighted by atomic mass is 10.1. The van der Waals surface area contributed by atoms with Gasteiger partial charge in [0.1, 0.15) is 5.69 Å². The van der Waals surface area contributed by atoms with Crippen LogP contribution in [0, 0.1) is 13.8 Å². The lowest BCUT2D eigenvalue weighted by molar-refractivity contribution is -0.121. The number of fused-ring (bicyclic) bond motifs is 1. The van der Waals surface area contributed by atoms with Gasteiger partial charge in [-0.15, -0.1) is 0 Å². The van der Waals surface area contributed by atoms with Crippen molar-refractivity contribution >= 4 is 16.9 Å². The highest BCUT2D eigenvalue weighted by atomic mass is 16.5. The summed E-state index contributed by atoms with van der Waals surface area (Å²) < 4.78 is 7.21. The Labute approximate surface area is 140 Å². The van der Waals surface area contributed by atoms with Crippen LogP contribution in [-0.2, 0) is 17.8 Å². The number of benzene rings is 1. The zero-order chi connectivity index (χ0) is 17.3. The highest BCUT2D eigenvalue weighted by Gasteiger charge is 2.20. The molecule has 1 amide bonds. The summed E-state index contributed by atoms with van der Waals surface area (Å²) in [4.78, 5) is 12.4. The maximum atomic E-state index is 12.4. The van der Waals surface area contributed by atoms with E-state index >= 15 is 0 Å². The SMILES string of the molecule is CCn1nc(C)c(C(C)NC(=O)Cc2noc3ccccc23)c1C. The molecule has 0 aliphatic rings. The smallest absolute Gasteiger partial charge is 0.226 e. The van der Waals surface area contributed by atoms with E-state index < -0.39 is 0 Å². The third-order valence-electron chi connectivity index (χ3n) is 4.33. The third-order valence-corrected chi connectivity index (χ3v) is 4.33. The first kappa shape index (κ1) is 16.2. The molecule has 0 aliphatic heterocycles. The molecule has 1 unspecified atom stereocenters. The van der Waals surface area contributed by atoms with E-state index in [1.807, 2.05) is 49.7 Å². The van der Waals surface area contributed by atoms with Gasteiger partial charge in [0.25, 0.3) is 0 Å². The van der Waals surface area contributed by atoms with Crippen molar-refractivity contribution in [3.63, 3.8) is 0 Å². The molecule has 0 spiro atoms. The maximum Gasteiger partial charge on any atom is 0.226 e. The summed E-state index contributed by atoms with van der Waals surface area (Å²) in [6.07, 6.45) is 0.196. The molecule has 3 aromatic rings. The van der Waals surface area contributed by atoms with Crippen molar-refractivity contribution in [2.75, 3.05) is 0 Å². The second-order valence-corrected chi connectivity index (χ2v) is 5.99. The number of hydrogen-bond acceptors (Lipinski definition) is 4. The molecule has 1 aromatic carbocycles. The Morgan fingerprint density at radius 1 is 1.33 bits per heavy atom. The van der Waals surface area contributed by atoms with Crippen molar-refractivity contribution in [1.29, 1.82) is 0 Å². The lowest BCUT2D eigenvalue weighted by Gasteiger charge is -2.14. The van der Waals surface area contributed by atoms with Gasteiger partial charge in [-0.3, -0.25) is 9.48 Å². The summed E-state index contributed by atoms with van der Waals surface area (Å²) in [7, 11) is 0. The van der Waals surface area contributed by atoms with Crippen LogP contribution in [0.1, 0.15) is 42.5 Å². The van der Waals surface area contributed by atoms with E-state index in [1.165, 1.54) is 0 Å². The Balaban J connectivity index is 1.74. The molecule has 24 heavy (non-hydrogen) atoms. The Bertz CT molecular complexity index is 878. The Kier molecular flexibility index (Phi) is 4.38. The third kappa shape index (κ3) is 2.91. The molecule has 0 fully saturated rings. The van der Waals surface area contributed by atoms with Gasteiger partial charge in [0.2, 0.25) is 5.91 Å². The number of amides is 1. The number of aryl methyl sites for hydroxylation is 2. The van der Waals surface area contributed by atoms with E-state index in [0.717, 1.165) is 28.9 Å². The zero-order valence-electron chi connectivity index (χ0n) is 14.5. The molecule has 126 valence electrons. The number of hydrogen-bond donors (Lipinski definition) is 1. The van der Waals surface area contributed by atoms with Crippen LogP contribution in [0.25, 0.3) is 11.0 Å². The lowest BCUT2D eigenvalue weighted by Crippen LogP contribution is -2.29. The molecule has 0 saturated heterocycles. The van der Waals surface area contributed by atoms with Gasteiger partial charge < -0.3 is 9.84 Å². The maximum absolute atomic E-state index is 12.4. The van der Waals surface area contributed by atoms with Crippen LogP contribution in [0.4, 0.5) is 0 Å². The fourth-order valence-electron chi connectivity index (χ4n) is 3.23. The topological polar surface area (TPSA) is 73.0 Å². The van der Waals surface area contributed by atoms with Crippen LogP contribution in [0.3, 0.4) is 0 Å². The molecule has 6 nitrogen and oxygen atoms in total. The van der Waals surface area contributed by atoms with Crippen LogP contribution in [0.5, 0.6) is 0 Å². The van der Waals surface area contributed by atoms with Gasteiger partial charge in [0.05, 0.1) is 18.2 Å². The monoisotopic (exact) mass is 326 g/mol. The van der Waals surface area contributed by atoms with Gasteiger partial charge in [0.15, 0.2) is 5.58 Å². The van der Waals surface area contributed by atoms with Crippen LogP contribution >= 0.6 is 0 Å². The number of nitrogens with one attached hydrogen (secondary N) is 1. The first-order chi connectivity index (χ1) is 11.5. The van der Waals surface area contributed by atoms with Crippen molar-refractivity contribution < 1.29 is 9.32 Å². The molecule has 0 saturated carbocycles. The summed E-state index contributed by atoms with van der Waals surface area (Å²) >= 11 is 0. The molecule has 0 bridgehead atoms. The minimum absolute atomic E-state index is 0.0791. The molecule has 6 heteroatoms. The molecule has 2 aromatic heterocycles. The first-order valence-electron chi connectivity index (χ1n) is 8.17. The highest BCUT2D eigenvalue weighted by Crippen LogP contribution is 2.22. The minimum Gasteiger partial charge on any atom is -0.356 e. The van der Waals surface area contributed by atoms with Gasteiger partial charge in [-0.25, -0.2) is 0 Å². The molecule has 1 atom stereocenters. The van der Waals surface area contributed by atoms with Crippen LogP contribution < -0.4 is 5.32 Å². The van der Waals surface area contributed by atoms with E-state index in [4.69, 9.17) is 4.52 Å². The van der Waals surface area contributed by atoms with Crippen molar-refractivity contribution in [2.24, 2.45) is 0 Å². The largest absolute Gasteiger partial charge is 0.356 e. The number of aromatic nitrogens is 3. The summed E-state index contributed by atoms with van der Waals surface area (Å²) in [5.74, 6) is -0.0791. The van der Waals surface area contributed by atoms with Gasteiger partial charge in [-0.1, -0.05) is 17.3 Å². The molecule has 2 heterocycles. The first-order valence-corrected chi connectivity index (χ1v) is 8.17. The summed E-state index contributed by atoms with van der Waals surface area (Å²) in [5, 5.41) is 12.5. The number of rotatable bonds is 5. The van der Waals surface area contributed by atoms with Gasteiger partial charge in [0, 0.05) is 23.2 Å². The van der Waals surface area contributed by atoms with E-state index in [0.29, 0.717) is 11.3 Å². The van der Waals surface area contributed by atoms with Gasteiger partial charge in [-0.05, 0) is 39.8 Å². The quantitative estimate of drug-likeness (QED) is 0.782. The van der Waals surface area contributed by atoms with Gasteiger partial charge in [-0.2, -0.15) is 5.10 Å². The molecular formula is C18H22N4O2. The minimum atomic E-state index is -0.101. The molecule has 0 radical (unpaired) electrons. The van der Waals surface area contributed by atoms with Crippen LogP contribution in [0.2, 0.25) is 0 Å². The molecular weight excluding hydrogens is 304 g/mol. The summed E-state index contributed by atoms with van der Waals surface area (Å²) in [6.45, 7) is 8.87. The average molecular weight is 326 g/mol. The van der Waals surface area contributed by atoms with E-state index in [2.05, 4.69) is 22.5 Å². The normalized spacial score (nSPS) is 12.5. The number of carbonyl (C=O) groups excluding carboxylic acids is 1. The molecule has 0 aliphatic carbocycles. The summed E-state index contributed by atoms with van der Waals surface area (Å²) in [5.41, 5.74) is 4.48. The number of nitrogens with zero attached hydrogens (tertiary/aromatic N) is 3. The van der Waals surface area contributed by atoms with Gasteiger partial charge >= 0.3 is 0 Å². The fourth-order valence-corrected chi connectivity index (χ4v) is 3.23. The van der Waals surface area contributed by atoms with E-state index in [1.54, 1.807) is 0 Å². The Morgan fingerprint density at radius 2 is 2.08 bits per heavy atom. The Hall–Kier alpha value is -2.63. The highest BCUT2D eigenvalue weighted by molar-refractivity contribution is 5.86. The standard InChI is InChI=1S/C18H22N4O2/c1-5-22-13(4)18(12(3)20-22)11(2)19-17(23)10-15-14-8-6-7-9-16(14)24-21-15/h6-9,11H,5,10H2,1-4H3,(H,19,23). The second-order valence-electron chi connectivity index (χ2n) is 5.99. The fraction of sp³-hybridized carbons (Fsp3) is 0.389. The predicted molar refractivity (Wildman–Crippen MR) is 91.6 cm³/mol. The van der Waals surface area contributed by atoms with Crippen molar-refractivity contribution in [1.82, 2.24) is 20.3 Å². The zero-order valence-corrected chi connectivity index (χ0v) is 14.5. The predicted octanol–water partition coefficient (Wildman–Crippen LogP) is 3.08. The van der Waals surface area contributed by atoms with E-state index in [-0.39, 0.29) is 18.4 Å². The van der Waals surface area contributed by atoms with Crippen LogP contribution in [-0.4, -0.2) is 20.8 Å². The average Bonchev–Trinajstić information content (AvgIpc) is 3.08. The summed E-state index contributed by atoms with van der Waals surface area (Å²) in [6, 6.07) is 7.46. The van der Waals surface area contributed by atoms with E-state index in [9.17, 15) is 4.79 Å². The molecule has 3 rings (SSSR count). The van der Waals surface area contributed by atoms with Crippen molar-refractivity contribution in [2.45, 2.75) is 46.7 Å². The van der Waals surface area contributed by atoms with Crippen LogP contribution in [0.15, 0.2) is 28.8 Å². The molecule has 1 N–H and O–H groups in total.